The molecule has 0 bridgehead atoms. The number of hydrogen-bond acceptors (Lipinski definition) is 2. The summed E-state index contributed by atoms with van der Waals surface area (Å²) in [6.45, 7) is 0.957. The third-order valence-electron chi connectivity index (χ3n) is 1.91. The highest BCUT2D eigenvalue weighted by Gasteiger charge is 2.12. The largest absolute Gasteiger partial charge is 0.287 e. The minimum absolute atomic E-state index is 0.957. The summed E-state index contributed by atoms with van der Waals surface area (Å²) in [6.07, 6.45) is 4.04. The standard InChI is InChI=1S/C9H9BrN2/c10-7-3-1-6-12-9(7)8-4-2-5-11-8/h1,3,6H,2,4-5H2. The van der Waals surface area contributed by atoms with Crippen LogP contribution in [0, 0.1) is 0 Å². The second kappa shape index (κ2) is 3.35. The van der Waals surface area contributed by atoms with E-state index in [-0.39, 0.29) is 0 Å². The van der Waals surface area contributed by atoms with Gasteiger partial charge >= 0.3 is 0 Å². The Hall–Kier alpha value is -0.700. The summed E-state index contributed by atoms with van der Waals surface area (Å²) in [5.41, 5.74) is 2.15. The highest BCUT2D eigenvalue weighted by molar-refractivity contribution is 9.10. The molecule has 3 heteroatoms. The molecular formula is C9H9BrN2. The molecule has 62 valence electrons. The maximum Gasteiger partial charge on any atom is 0.0981 e. The first-order chi connectivity index (χ1) is 5.88. The van der Waals surface area contributed by atoms with Crippen LogP contribution in [0.1, 0.15) is 18.5 Å². The van der Waals surface area contributed by atoms with E-state index in [1.807, 2.05) is 12.1 Å². The molecule has 0 radical (unpaired) electrons. The molecule has 0 aliphatic carbocycles. The molecule has 0 amide bonds. The Balaban J connectivity index is 2.39. The second-order valence-electron chi connectivity index (χ2n) is 2.77. The van der Waals surface area contributed by atoms with Crippen LogP contribution in [0.3, 0.4) is 0 Å². The van der Waals surface area contributed by atoms with Crippen molar-refractivity contribution in [1.82, 2.24) is 4.98 Å². The molecule has 2 rings (SSSR count). The summed E-state index contributed by atoms with van der Waals surface area (Å²) in [5.74, 6) is 0. The van der Waals surface area contributed by atoms with Crippen molar-refractivity contribution in [3.05, 3.63) is 28.5 Å². The van der Waals surface area contributed by atoms with Gasteiger partial charge in [-0.3, -0.25) is 9.98 Å². The van der Waals surface area contributed by atoms with Crippen LogP contribution in [-0.4, -0.2) is 17.2 Å². The van der Waals surface area contributed by atoms with Crippen molar-refractivity contribution < 1.29 is 0 Å². The van der Waals surface area contributed by atoms with Crippen LogP contribution in [0.15, 0.2) is 27.8 Å². The maximum absolute atomic E-state index is 4.39. The summed E-state index contributed by atoms with van der Waals surface area (Å²) >= 11 is 3.46. The number of hydrogen-bond donors (Lipinski definition) is 0. The first-order valence-electron chi connectivity index (χ1n) is 4.02. The second-order valence-corrected chi connectivity index (χ2v) is 3.62. The molecule has 1 aromatic heterocycles. The van der Waals surface area contributed by atoms with E-state index in [0.29, 0.717) is 0 Å². The Bertz CT molecular complexity index is 320. The maximum atomic E-state index is 4.39. The van der Waals surface area contributed by atoms with E-state index in [4.69, 9.17) is 0 Å². The van der Waals surface area contributed by atoms with Gasteiger partial charge < -0.3 is 0 Å². The summed E-state index contributed by atoms with van der Waals surface area (Å²) in [6, 6.07) is 3.92. The molecule has 1 aliphatic rings. The SMILES string of the molecule is Brc1cccnc1C1=NCCC1. The summed E-state index contributed by atoms with van der Waals surface area (Å²) < 4.78 is 1.05. The molecule has 0 N–H and O–H groups in total. The topological polar surface area (TPSA) is 25.2 Å². The molecule has 1 aliphatic heterocycles. The predicted octanol–water partition coefficient (Wildman–Crippen LogP) is 2.43. The van der Waals surface area contributed by atoms with E-state index >= 15 is 0 Å². The van der Waals surface area contributed by atoms with Crippen molar-refractivity contribution in [2.24, 2.45) is 4.99 Å². The Labute approximate surface area is 79.9 Å². The number of aromatic nitrogens is 1. The van der Waals surface area contributed by atoms with Crippen molar-refractivity contribution >= 4 is 21.6 Å². The van der Waals surface area contributed by atoms with Gasteiger partial charge in [-0.15, -0.1) is 0 Å². The van der Waals surface area contributed by atoms with E-state index in [2.05, 4.69) is 25.9 Å². The van der Waals surface area contributed by atoms with Gasteiger partial charge in [0.2, 0.25) is 0 Å². The third-order valence-corrected chi connectivity index (χ3v) is 2.55. The van der Waals surface area contributed by atoms with Crippen molar-refractivity contribution in [2.75, 3.05) is 6.54 Å². The van der Waals surface area contributed by atoms with Crippen LogP contribution in [0.2, 0.25) is 0 Å². The van der Waals surface area contributed by atoms with E-state index in [9.17, 15) is 0 Å². The predicted molar refractivity (Wildman–Crippen MR) is 52.6 cm³/mol. The zero-order chi connectivity index (χ0) is 8.39. The van der Waals surface area contributed by atoms with E-state index < -0.39 is 0 Å². The minimum atomic E-state index is 0.957. The fourth-order valence-electron chi connectivity index (χ4n) is 1.33. The van der Waals surface area contributed by atoms with Gasteiger partial charge in [-0.25, -0.2) is 0 Å². The number of pyridine rings is 1. The quantitative estimate of drug-likeness (QED) is 0.720. The molecule has 12 heavy (non-hydrogen) atoms. The molecule has 0 saturated carbocycles. The Morgan fingerprint density at radius 3 is 3.00 bits per heavy atom. The van der Waals surface area contributed by atoms with Gasteiger partial charge in [0.15, 0.2) is 0 Å². The van der Waals surface area contributed by atoms with Gasteiger partial charge in [0, 0.05) is 17.2 Å². The van der Waals surface area contributed by atoms with E-state index in [1.54, 1.807) is 6.20 Å². The molecule has 0 fully saturated rings. The van der Waals surface area contributed by atoms with Crippen LogP contribution in [0.4, 0.5) is 0 Å². The first kappa shape index (κ1) is 7.92. The lowest BCUT2D eigenvalue weighted by Crippen LogP contribution is -2.00. The average molecular weight is 225 g/mol. The third kappa shape index (κ3) is 1.41. The van der Waals surface area contributed by atoms with Crippen LogP contribution in [0.5, 0.6) is 0 Å². The molecular weight excluding hydrogens is 216 g/mol. The van der Waals surface area contributed by atoms with Crippen LogP contribution >= 0.6 is 15.9 Å². The molecule has 0 unspecified atom stereocenters. The molecule has 0 aromatic carbocycles. The summed E-state index contributed by atoms with van der Waals surface area (Å²) in [5, 5.41) is 0. The monoisotopic (exact) mass is 224 g/mol. The Morgan fingerprint density at radius 2 is 2.33 bits per heavy atom. The van der Waals surface area contributed by atoms with Crippen molar-refractivity contribution in [2.45, 2.75) is 12.8 Å². The zero-order valence-corrected chi connectivity index (χ0v) is 8.21. The van der Waals surface area contributed by atoms with Crippen molar-refractivity contribution in [3.8, 4) is 0 Å². The number of rotatable bonds is 1. The van der Waals surface area contributed by atoms with Crippen molar-refractivity contribution in [1.29, 1.82) is 0 Å². The first-order valence-corrected chi connectivity index (χ1v) is 4.81. The lowest BCUT2D eigenvalue weighted by atomic mass is 10.2. The van der Waals surface area contributed by atoms with Crippen LogP contribution in [0.25, 0.3) is 0 Å². The smallest absolute Gasteiger partial charge is 0.0981 e. The van der Waals surface area contributed by atoms with E-state index in [1.165, 1.54) is 6.42 Å². The van der Waals surface area contributed by atoms with Gasteiger partial charge in [-0.1, -0.05) is 0 Å². The highest BCUT2D eigenvalue weighted by Crippen LogP contribution is 2.19. The van der Waals surface area contributed by atoms with Gasteiger partial charge in [0.25, 0.3) is 0 Å². The number of aliphatic imine (C=N–C) groups is 1. The summed E-state index contributed by atoms with van der Waals surface area (Å²) in [7, 11) is 0. The Morgan fingerprint density at radius 1 is 1.42 bits per heavy atom. The molecule has 2 heterocycles. The highest BCUT2D eigenvalue weighted by atomic mass is 79.9. The van der Waals surface area contributed by atoms with Crippen molar-refractivity contribution in [3.63, 3.8) is 0 Å². The molecule has 0 spiro atoms. The fraction of sp³-hybridized carbons (Fsp3) is 0.333. The van der Waals surface area contributed by atoms with Gasteiger partial charge in [-0.05, 0) is 40.9 Å². The summed E-state index contributed by atoms with van der Waals surface area (Å²) in [4.78, 5) is 8.67. The molecule has 0 saturated heterocycles. The molecule has 2 nitrogen and oxygen atoms in total. The lowest BCUT2D eigenvalue weighted by molar-refractivity contribution is 0.950. The normalized spacial score (nSPS) is 16.2. The Kier molecular flexibility index (Phi) is 2.21. The van der Waals surface area contributed by atoms with Gasteiger partial charge in [0.1, 0.15) is 0 Å². The zero-order valence-electron chi connectivity index (χ0n) is 6.63. The van der Waals surface area contributed by atoms with Gasteiger partial charge in [-0.2, -0.15) is 0 Å². The lowest BCUT2D eigenvalue weighted by Gasteiger charge is -2.00. The van der Waals surface area contributed by atoms with Crippen LogP contribution < -0.4 is 0 Å². The fourth-order valence-corrected chi connectivity index (χ4v) is 1.81. The minimum Gasteiger partial charge on any atom is -0.287 e. The average Bonchev–Trinajstić information content (AvgIpc) is 2.57. The van der Waals surface area contributed by atoms with E-state index in [0.717, 1.165) is 28.8 Å². The number of halogens is 1. The molecule has 1 aromatic rings. The van der Waals surface area contributed by atoms with Gasteiger partial charge in [0.05, 0.1) is 11.4 Å². The number of nitrogens with zero attached hydrogens (tertiary/aromatic N) is 2. The molecule has 0 atom stereocenters. The van der Waals surface area contributed by atoms with Crippen LogP contribution in [-0.2, 0) is 0 Å².